The molecule has 0 saturated carbocycles. The SMILES string of the molecule is CC1CCC=C(CC(=O)O)C1=O. The second kappa shape index (κ2) is 3.52. The van der Waals surface area contributed by atoms with Gasteiger partial charge in [-0.2, -0.15) is 0 Å². The summed E-state index contributed by atoms with van der Waals surface area (Å²) < 4.78 is 0. The molecule has 1 aliphatic rings. The van der Waals surface area contributed by atoms with Gasteiger partial charge in [-0.05, 0) is 12.8 Å². The molecule has 0 aromatic rings. The van der Waals surface area contributed by atoms with Gasteiger partial charge in [-0.15, -0.1) is 0 Å². The normalized spacial score (nSPS) is 23.6. The zero-order valence-corrected chi connectivity index (χ0v) is 7.04. The van der Waals surface area contributed by atoms with E-state index in [-0.39, 0.29) is 18.1 Å². The van der Waals surface area contributed by atoms with Crippen LogP contribution in [0.25, 0.3) is 0 Å². The monoisotopic (exact) mass is 168 g/mol. The van der Waals surface area contributed by atoms with Crippen molar-refractivity contribution in [1.82, 2.24) is 0 Å². The Labute approximate surface area is 71.1 Å². The maximum Gasteiger partial charge on any atom is 0.307 e. The van der Waals surface area contributed by atoms with Crippen LogP contribution in [0, 0.1) is 5.92 Å². The Morgan fingerprint density at radius 1 is 1.75 bits per heavy atom. The molecule has 0 amide bonds. The van der Waals surface area contributed by atoms with Crippen molar-refractivity contribution in [2.45, 2.75) is 26.2 Å². The van der Waals surface area contributed by atoms with Crippen LogP contribution in [0.4, 0.5) is 0 Å². The van der Waals surface area contributed by atoms with E-state index in [1.807, 2.05) is 6.92 Å². The molecule has 0 saturated heterocycles. The van der Waals surface area contributed by atoms with Crippen molar-refractivity contribution in [3.05, 3.63) is 11.6 Å². The molecule has 3 nitrogen and oxygen atoms in total. The first-order chi connectivity index (χ1) is 5.61. The molecule has 0 aromatic heterocycles. The first-order valence-corrected chi connectivity index (χ1v) is 4.06. The van der Waals surface area contributed by atoms with E-state index >= 15 is 0 Å². The van der Waals surface area contributed by atoms with Crippen molar-refractivity contribution >= 4 is 11.8 Å². The summed E-state index contributed by atoms with van der Waals surface area (Å²) in [6.45, 7) is 1.84. The zero-order valence-electron chi connectivity index (χ0n) is 7.04. The number of carbonyl (C=O) groups is 2. The van der Waals surface area contributed by atoms with Gasteiger partial charge in [0.15, 0.2) is 5.78 Å². The predicted octanol–water partition coefficient (Wildman–Crippen LogP) is 1.39. The molecule has 1 atom stereocenters. The highest BCUT2D eigenvalue weighted by Gasteiger charge is 2.22. The Bertz CT molecular complexity index is 240. The van der Waals surface area contributed by atoms with Crippen molar-refractivity contribution in [3.63, 3.8) is 0 Å². The molecule has 1 aliphatic carbocycles. The Morgan fingerprint density at radius 3 is 3.00 bits per heavy atom. The van der Waals surface area contributed by atoms with E-state index in [0.717, 1.165) is 12.8 Å². The minimum atomic E-state index is -0.927. The third kappa shape index (κ3) is 1.94. The van der Waals surface area contributed by atoms with Gasteiger partial charge in [0.1, 0.15) is 0 Å². The number of aliphatic carboxylic acids is 1. The highest BCUT2D eigenvalue weighted by Crippen LogP contribution is 2.21. The van der Waals surface area contributed by atoms with E-state index in [1.54, 1.807) is 6.08 Å². The Kier molecular flexibility index (Phi) is 2.63. The van der Waals surface area contributed by atoms with E-state index in [9.17, 15) is 9.59 Å². The molecule has 3 heteroatoms. The largest absolute Gasteiger partial charge is 0.481 e. The van der Waals surface area contributed by atoms with Gasteiger partial charge >= 0.3 is 5.97 Å². The number of hydrogen-bond donors (Lipinski definition) is 1. The number of allylic oxidation sites excluding steroid dienone is 1. The fourth-order valence-electron chi connectivity index (χ4n) is 1.38. The number of carbonyl (C=O) groups excluding carboxylic acids is 1. The molecular formula is C9H12O3. The lowest BCUT2D eigenvalue weighted by atomic mass is 9.87. The summed E-state index contributed by atoms with van der Waals surface area (Å²) >= 11 is 0. The van der Waals surface area contributed by atoms with Crippen molar-refractivity contribution in [1.29, 1.82) is 0 Å². The van der Waals surface area contributed by atoms with Gasteiger partial charge in [0.25, 0.3) is 0 Å². The highest BCUT2D eigenvalue weighted by atomic mass is 16.4. The number of ketones is 1. The third-order valence-corrected chi connectivity index (χ3v) is 2.10. The second-order valence-electron chi connectivity index (χ2n) is 3.14. The molecule has 0 fully saturated rings. The smallest absolute Gasteiger partial charge is 0.307 e. The summed E-state index contributed by atoms with van der Waals surface area (Å²) in [4.78, 5) is 21.7. The van der Waals surface area contributed by atoms with Crippen LogP contribution in [0.1, 0.15) is 26.2 Å². The minimum Gasteiger partial charge on any atom is -0.481 e. The fraction of sp³-hybridized carbons (Fsp3) is 0.556. The number of rotatable bonds is 2. The topological polar surface area (TPSA) is 54.4 Å². The number of carboxylic acid groups (broad SMARTS) is 1. The van der Waals surface area contributed by atoms with E-state index in [4.69, 9.17) is 5.11 Å². The van der Waals surface area contributed by atoms with Crippen LogP contribution < -0.4 is 0 Å². The molecule has 1 unspecified atom stereocenters. The summed E-state index contributed by atoms with van der Waals surface area (Å²) in [5.74, 6) is -0.920. The Morgan fingerprint density at radius 2 is 2.42 bits per heavy atom. The Balaban J connectivity index is 2.69. The van der Waals surface area contributed by atoms with E-state index in [2.05, 4.69) is 0 Å². The van der Waals surface area contributed by atoms with Crippen LogP contribution in [0.3, 0.4) is 0 Å². The lowest BCUT2D eigenvalue weighted by molar-refractivity contribution is -0.137. The fourth-order valence-corrected chi connectivity index (χ4v) is 1.38. The molecule has 0 spiro atoms. The van der Waals surface area contributed by atoms with Crippen molar-refractivity contribution in [2.24, 2.45) is 5.92 Å². The van der Waals surface area contributed by atoms with Crippen LogP contribution >= 0.6 is 0 Å². The van der Waals surface area contributed by atoms with Crippen LogP contribution in [0.5, 0.6) is 0 Å². The molecule has 0 heterocycles. The number of Topliss-reactive ketones (excluding diaryl/α,β-unsaturated/α-hetero) is 1. The second-order valence-corrected chi connectivity index (χ2v) is 3.14. The van der Waals surface area contributed by atoms with Crippen LogP contribution in [-0.2, 0) is 9.59 Å². The van der Waals surface area contributed by atoms with Crippen LogP contribution in [-0.4, -0.2) is 16.9 Å². The van der Waals surface area contributed by atoms with E-state index in [0.29, 0.717) is 5.57 Å². The highest BCUT2D eigenvalue weighted by molar-refractivity contribution is 6.00. The number of hydrogen-bond acceptors (Lipinski definition) is 2. The maximum atomic E-state index is 11.3. The van der Waals surface area contributed by atoms with Crippen LogP contribution in [0.2, 0.25) is 0 Å². The summed E-state index contributed by atoms with van der Waals surface area (Å²) in [5, 5.41) is 8.48. The van der Waals surface area contributed by atoms with Crippen molar-refractivity contribution < 1.29 is 14.7 Å². The Hall–Kier alpha value is -1.12. The van der Waals surface area contributed by atoms with Gasteiger partial charge in [0, 0.05) is 11.5 Å². The average molecular weight is 168 g/mol. The van der Waals surface area contributed by atoms with E-state index < -0.39 is 5.97 Å². The van der Waals surface area contributed by atoms with Gasteiger partial charge in [-0.1, -0.05) is 13.0 Å². The molecule has 1 rings (SSSR count). The summed E-state index contributed by atoms with van der Waals surface area (Å²) in [5.41, 5.74) is 0.473. The molecule has 0 bridgehead atoms. The maximum absolute atomic E-state index is 11.3. The van der Waals surface area contributed by atoms with Crippen LogP contribution in [0.15, 0.2) is 11.6 Å². The van der Waals surface area contributed by atoms with E-state index in [1.165, 1.54) is 0 Å². The predicted molar refractivity (Wildman–Crippen MR) is 43.7 cm³/mol. The van der Waals surface area contributed by atoms with Gasteiger partial charge in [0.05, 0.1) is 6.42 Å². The molecule has 66 valence electrons. The lowest BCUT2D eigenvalue weighted by Gasteiger charge is -2.16. The molecule has 1 N–H and O–H groups in total. The molecule has 0 aliphatic heterocycles. The standard InChI is InChI=1S/C9H12O3/c1-6-3-2-4-7(9(6)12)5-8(10)11/h4,6H,2-3,5H2,1H3,(H,10,11). The first-order valence-electron chi connectivity index (χ1n) is 4.06. The third-order valence-electron chi connectivity index (χ3n) is 2.10. The quantitative estimate of drug-likeness (QED) is 0.677. The first kappa shape index (κ1) is 8.97. The molecule has 0 aromatic carbocycles. The molecule has 12 heavy (non-hydrogen) atoms. The minimum absolute atomic E-state index is 0.00338. The van der Waals surface area contributed by atoms with Gasteiger partial charge in [0.2, 0.25) is 0 Å². The average Bonchev–Trinajstić information content (AvgIpc) is 1.98. The zero-order chi connectivity index (χ0) is 9.14. The van der Waals surface area contributed by atoms with Gasteiger partial charge in [-0.3, -0.25) is 9.59 Å². The van der Waals surface area contributed by atoms with Gasteiger partial charge in [-0.25, -0.2) is 0 Å². The number of carboxylic acids is 1. The summed E-state index contributed by atoms with van der Waals surface area (Å²) in [6.07, 6.45) is 3.30. The summed E-state index contributed by atoms with van der Waals surface area (Å²) in [6, 6.07) is 0. The molecular weight excluding hydrogens is 156 g/mol. The lowest BCUT2D eigenvalue weighted by Crippen LogP contribution is -2.19. The summed E-state index contributed by atoms with van der Waals surface area (Å²) in [7, 11) is 0. The van der Waals surface area contributed by atoms with Crippen molar-refractivity contribution in [3.8, 4) is 0 Å². The molecule has 0 radical (unpaired) electrons. The van der Waals surface area contributed by atoms with Crippen molar-refractivity contribution in [2.75, 3.05) is 0 Å². The van der Waals surface area contributed by atoms with Gasteiger partial charge < -0.3 is 5.11 Å².